The summed E-state index contributed by atoms with van der Waals surface area (Å²) in [7, 11) is 1.79. The summed E-state index contributed by atoms with van der Waals surface area (Å²) in [4.78, 5) is 27.0. The Balaban J connectivity index is 0.000000423. The number of amides is 1. The lowest BCUT2D eigenvalue weighted by atomic mass is 9.76. The fraction of sp³-hybridized carbons (Fsp3) is 0.789. The number of nitrogens with zero attached hydrogens (tertiary/aromatic N) is 4. The minimum Gasteiger partial charge on any atom is -0.475 e. The summed E-state index contributed by atoms with van der Waals surface area (Å²) in [6, 6.07) is 1.04. The highest BCUT2D eigenvalue weighted by Gasteiger charge is 2.46. The minimum absolute atomic E-state index is 0.0447. The van der Waals surface area contributed by atoms with Crippen LogP contribution in [0.2, 0.25) is 0 Å². The zero-order chi connectivity index (χ0) is 23.4. The van der Waals surface area contributed by atoms with Crippen molar-refractivity contribution in [3.8, 4) is 0 Å². The predicted molar refractivity (Wildman–Crippen MR) is 108 cm³/mol. The molecule has 0 bridgehead atoms. The van der Waals surface area contributed by atoms with Gasteiger partial charge in [-0.25, -0.2) is 4.79 Å². The van der Waals surface area contributed by atoms with E-state index in [2.05, 4.69) is 28.3 Å². The fourth-order valence-electron chi connectivity index (χ4n) is 4.27. The number of hydrogen-bond donors (Lipinski definition) is 1. The van der Waals surface area contributed by atoms with Crippen LogP contribution in [0, 0.1) is 12.3 Å². The Hall–Kier alpha value is -1.79. The number of halogens is 3. The number of carbonyl (C=O) groups is 2. The van der Waals surface area contributed by atoms with Crippen molar-refractivity contribution in [3.63, 3.8) is 0 Å². The number of likely N-dealkylation sites (tertiary alicyclic amines) is 2. The van der Waals surface area contributed by atoms with Gasteiger partial charge in [-0.3, -0.25) is 9.69 Å². The molecule has 1 amide bonds. The van der Waals surface area contributed by atoms with Crippen LogP contribution in [-0.2, 0) is 9.53 Å². The number of aliphatic carboxylic acids is 1. The van der Waals surface area contributed by atoms with Gasteiger partial charge < -0.3 is 14.7 Å². The van der Waals surface area contributed by atoms with Crippen LogP contribution >= 0.6 is 11.5 Å². The van der Waals surface area contributed by atoms with Crippen LogP contribution < -0.4 is 0 Å². The first-order valence-corrected chi connectivity index (χ1v) is 10.8. The van der Waals surface area contributed by atoms with Crippen molar-refractivity contribution >= 4 is 23.4 Å². The lowest BCUT2D eigenvalue weighted by Gasteiger charge is -2.39. The van der Waals surface area contributed by atoms with Gasteiger partial charge in [0, 0.05) is 38.8 Å². The van der Waals surface area contributed by atoms with Gasteiger partial charge in [0.2, 0.25) is 0 Å². The van der Waals surface area contributed by atoms with Crippen molar-refractivity contribution in [1.82, 2.24) is 19.4 Å². The number of rotatable bonds is 4. The molecule has 1 spiro atoms. The maximum absolute atomic E-state index is 12.6. The van der Waals surface area contributed by atoms with E-state index in [0.717, 1.165) is 44.0 Å². The lowest BCUT2D eigenvalue weighted by molar-refractivity contribution is -0.192. The molecule has 8 nitrogen and oxygen atoms in total. The van der Waals surface area contributed by atoms with Crippen LogP contribution in [0.4, 0.5) is 13.2 Å². The van der Waals surface area contributed by atoms with Crippen LogP contribution in [0.15, 0.2) is 0 Å². The number of carbonyl (C=O) groups excluding carboxylic acids is 1. The fourth-order valence-corrected chi connectivity index (χ4v) is 4.73. The average Bonchev–Trinajstić information content (AvgIpc) is 3.26. The van der Waals surface area contributed by atoms with Gasteiger partial charge in [-0.1, -0.05) is 4.49 Å². The molecule has 176 valence electrons. The Labute approximate surface area is 183 Å². The first-order chi connectivity index (χ1) is 14.4. The summed E-state index contributed by atoms with van der Waals surface area (Å²) in [5.74, 6) is -2.71. The van der Waals surface area contributed by atoms with Crippen molar-refractivity contribution < 1.29 is 32.6 Å². The SMILES string of the molecule is COCC1CC2(CCN(C(=O)c3nnsc3C)CC2)CN1C(C)C.O=C(O)C(F)(F)F. The topological polar surface area (TPSA) is 95.9 Å². The summed E-state index contributed by atoms with van der Waals surface area (Å²) < 4.78 is 41.1. The maximum atomic E-state index is 12.6. The molecule has 3 rings (SSSR count). The van der Waals surface area contributed by atoms with Crippen molar-refractivity contribution in [2.75, 3.05) is 33.4 Å². The van der Waals surface area contributed by atoms with Crippen LogP contribution in [-0.4, -0.2) is 88.0 Å². The zero-order valence-corrected chi connectivity index (χ0v) is 18.9. The first-order valence-electron chi connectivity index (χ1n) is 10.0. The molecule has 31 heavy (non-hydrogen) atoms. The molecular weight excluding hydrogens is 437 g/mol. The quantitative estimate of drug-likeness (QED) is 0.729. The van der Waals surface area contributed by atoms with Crippen molar-refractivity contribution in [1.29, 1.82) is 0 Å². The van der Waals surface area contributed by atoms with Gasteiger partial charge in [-0.2, -0.15) is 13.2 Å². The standard InChI is InChI=1S/C17H28N4O2S.C2HF3O2/c1-12(2)21-11-17(9-14(21)10-23-4)5-7-20(8-6-17)16(22)15-13(3)24-19-18-15;3-2(4,5)1(6)7/h12,14H,5-11H2,1-4H3;(H,6,7). The van der Waals surface area contributed by atoms with E-state index in [1.165, 1.54) is 18.0 Å². The van der Waals surface area contributed by atoms with Gasteiger partial charge in [0.15, 0.2) is 5.69 Å². The second kappa shape index (κ2) is 10.2. The van der Waals surface area contributed by atoms with E-state index in [1.807, 2.05) is 11.8 Å². The van der Waals surface area contributed by atoms with Crippen LogP contribution in [0.1, 0.15) is 48.5 Å². The zero-order valence-electron chi connectivity index (χ0n) is 18.1. The van der Waals surface area contributed by atoms with Gasteiger partial charge in [0.1, 0.15) is 0 Å². The lowest BCUT2D eigenvalue weighted by Crippen LogP contribution is -2.45. The van der Waals surface area contributed by atoms with E-state index in [4.69, 9.17) is 14.6 Å². The van der Waals surface area contributed by atoms with Gasteiger partial charge in [0.25, 0.3) is 5.91 Å². The highest BCUT2D eigenvalue weighted by atomic mass is 32.1. The van der Waals surface area contributed by atoms with Crippen LogP contribution in [0.25, 0.3) is 0 Å². The Morgan fingerprint density at radius 3 is 2.32 bits per heavy atom. The van der Waals surface area contributed by atoms with E-state index in [1.54, 1.807) is 7.11 Å². The molecule has 1 atom stereocenters. The molecule has 3 heterocycles. The molecule has 0 radical (unpaired) electrons. The number of piperidine rings is 1. The third-order valence-corrected chi connectivity index (χ3v) is 6.52. The van der Waals surface area contributed by atoms with E-state index in [9.17, 15) is 18.0 Å². The second-order valence-corrected chi connectivity index (χ2v) is 9.31. The number of ether oxygens (including phenoxy) is 1. The minimum atomic E-state index is -5.08. The summed E-state index contributed by atoms with van der Waals surface area (Å²) in [6.07, 6.45) is -1.77. The number of carboxylic acid groups (broad SMARTS) is 1. The molecular formula is C19H29F3N4O4S. The number of alkyl halides is 3. The smallest absolute Gasteiger partial charge is 0.475 e. The summed E-state index contributed by atoms with van der Waals surface area (Å²) in [5, 5.41) is 11.1. The van der Waals surface area contributed by atoms with E-state index >= 15 is 0 Å². The number of carboxylic acids is 1. The largest absolute Gasteiger partial charge is 0.490 e. The highest BCUT2D eigenvalue weighted by molar-refractivity contribution is 7.05. The Kier molecular flexibility index (Phi) is 8.40. The Bertz CT molecular complexity index is 764. The maximum Gasteiger partial charge on any atom is 0.490 e. The second-order valence-electron chi connectivity index (χ2n) is 8.35. The monoisotopic (exact) mass is 466 g/mol. The van der Waals surface area contributed by atoms with E-state index in [-0.39, 0.29) is 5.91 Å². The number of aryl methyl sites for hydroxylation is 1. The van der Waals surface area contributed by atoms with Crippen molar-refractivity contribution in [2.45, 2.75) is 58.3 Å². The van der Waals surface area contributed by atoms with E-state index < -0.39 is 12.1 Å². The predicted octanol–water partition coefficient (Wildman–Crippen LogP) is 2.83. The third kappa shape index (κ3) is 6.36. The number of hydrogen-bond acceptors (Lipinski definition) is 7. The van der Waals surface area contributed by atoms with E-state index in [0.29, 0.717) is 23.2 Å². The van der Waals surface area contributed by atoms with Gasteiger partial charge in [-0.15, -0.1) is 5.10 Å². The Morgan fingerprint density at radius 2 is 1.90 bits per heavy atom. The molecule has 1 N–H and O–H groups in total. The molecule has 0 saturated carbocycles. The highest BCUT2D eigenvalue weighted by Crippen LogP contribution is 2.44. The van der Waals surface area contributed by atoms with Gasteiger partial charge in [0.05, 0.1) is 11.5 Å². The molecule has 2 fully saturated rings. The normalized spacial score (nSPS) is 21.3. The molecule has 1 aromatic rings. The van der Waals surface area contributed by atoms with Gasteiger partial charge in [-0.05, 0) is 57.0 Å². The summed E-state index contributed by atoms with van der Waals surface area (Å²) in [5.41, 5.74) is 0.864. The van der Waals surface area contributed by atoms with Crippen molar-refractivity contribution in [2.24, 2.45) is 5.41 Å². The number of aromatic nitrogens is 2. The number of methoxy groups -OCH3 is 1. The van der Waals surface area contributed by atoms with Crippen LogP contribution in [0.3, 0.4) is 0 Å². The first kappa shape index (κ1) is 25.5. The molecule has 2 aliphatic heterocycles. The molecule has 2 saturated heterocycles. The molecule has 1 aromatic heterocycles. The van der Waals surface area contributed by atoms with Crippen molar-refractivity contribution in [3.05, 3.63) is 10.6 Å². The van der Waals surface area contributed by atoms with Crippen LogP contribution in [0.5, 0.6) is 0 Å². The average molecular weight is 467 g/mol. The Morgan fingerprint density at radius 1 is 1.32 bits per heavy atom. The third-order valence-electron chi connectivity index (χ3n) is 5.89. The molecule has 0 aliphatic carbocycles. The molecule has 1 unspecified atom stereocenters. The summed E-state index contributed by atoms with van der Waals surface area (Å²) in [6.45, 7) is 10.0. The van der Waals surface area contributed by atoms with Gasteiger partial charge >= 0.3 is 12.1 Å². The molecule has 0 aromatic carbocycles. The molecule has 12 heteroatoms. The molecule has 2 aliphatic rings. The summed E-state index contributed by atoms with van der Waals surface area (Å²) >= 11 is 1.30.